The highest BCUT2D eigenvalue weighted by atomic mass is 35.5. The van der Waals surface area contributed by atoms with Crippen LogP contribution in [-0.2, 0) is 33.9 Å². The van der Waals surface area contributed by atoms with E-state index < -0.39 is 29.8 Å². The molecule has 16 heteroatoms. The second-order valence-corrected chi connectivity index (χ2v) is 12.3. The lowest BCUT2D eigenvalue weighted by atomic mass is 9.87. The second-order valence-electron chi connectivity index (χ2n) is 11.2. The molecule has 2 aromatic rings. The first-order valence-electron chi connectivity index (χ1n) is 13.4. The molecule has 0 aliphatic carbocycles. The van der Waals surface area contributed by atoms with Gasteiger partial charge in [-0.05, 0) is 49.3 Å². The number of aryl methyl sites for hydroxylation is 1. The molecule has 3 rings (SSSR count). The smallest absolute Gasteiger partial charge is 0.387 e. The molecule has 1 aliphatic heterocycles. The second kappa shape index (κ2) is 14.7. The average molecular weight is 635 g/mol. The third-order valence-corrected chi connectivity index (χ3v) is 7.60. The maximum Gasteiger partial charge on any atom is 0.387 e. The number of nitrogens with two attached hydrogens (primary N) is 1. The van der Waals surface area contributed by atoms with Gasteiger partial charge in [-0.1, -0.05) is 38.4 Å². The van der Waals surface area contributed by atoms with Crippen LogP contribution in [0.4, 0.5) is 8.78 Å². The van der Waals surface area contributed by atoms with Gasteiger partial charge in [0.1, 0.15) is 5.75 Å². The highest BCUT2D eigenvalue weighted by molar-refractivity contribution is 7.77. The average Bonchev–Trinajstić information content (AvgIpc) is 3.22. The van der Waals surface area contributed by atoms with Crippen molar-refractivity contribution in [1.82, 2.24) is 24.7 Å². The molecule has 0 spiro atoms. The number of piperidine rings is 1. The van der Waals surface area contributed by atoms with Crippen LogP contribution in [0.2, 0.25) is 5.02 Å². The van der Waals surface area contributed by atoms with Crippen LogP contribution in [0.1, 0.15) is 56.6 Å². The highest BCUT2D eigenvalue weighted by Crippen LogP contribution is 2.39. The maximum absolute atomic E-state index is 13.4. The van der Waals surface area contributed by atoms with E-state index in [9.17, 15) is 22.6 Å². The van der Waals surface area contributed by atoms with Gasteiger partial charge in [0, 0.05) is 37.3 Å². The molecule has 42 heavy (non-hydrogen) atoms. The Labute approximate surface area is 250 Å². The molecule has 0 saturated carbocycles. The summed E-state index contributed by atoms with van der Waals surface area (Å²) >= 11 is 4.43. The summed E-state index contributed by atoms with van der Waals surface area (Å²) in [6.07, 6.45) is 1.61. The molecule has 1 amide bonds. The van der Waals surface area contributed by atoms with Gasteiger partial charge in [-0.25, -0.2) is 13.7 Å². The number of halogens is 3. The van der Waals surface area contributed by atoms with Crippen LogP contribution in [0.25, 0.3) is 11.3 Å². The minimum atomic E-state index is -3.07. The van der Waals surface area contributed by atoms with Gasteiger partial charge in [0.25, 0.3) is 5.91 Å². The number of amides is 1. The molecule has 1 unspecified atom stereocenters. The van der Waals surface area contributed by atoms with Crippen LogP contribution in [0.5, 0.6) is 5.75 Å². The van der Waals surface area contributed by atoms with E-state index in [-0.39, 0.29) is 64.9 Å². The van der Waals surface area contributed by atoms with Gasteiger partial charge in [-0.2, -0.15) is 19.8 Å². The van der Waals surface area contributed by atoms with E-state index in [1.807, 2.05) is 20.8 Å². The van der Waals surface area contributed by atoms with Gasteiger partial charge in [0.2, 0.25) is 11.3 Å². The fourth-order valence-corrected chi connectivity index (χ4v) is 5.81. The number of aromatic nitrogens is 2. The number of ether oxygens (including phenoxy) is 1. The summed E-state index contributed by atoms with van der Waals surface area (Å²) in [5.41, 5.74) is 1.14. The molecule has 1 aromatic heterocycles. The van der Waals surface area contributed by atoms with Gasteiger partial charge < -0.3 is 14.9 Å². The lowest BCUT2D eigenvalue weighted by Gasteiger charge is -2.38. The molecule has 1 aliphatic rings. The zero-order chi connectivity index (χ0) is 31.2. The quantitative estimate of drug-likeness (QED) is 0.203. The molecule has 1 aromatic carbocycles. The molecule has 3 atom stereocenters. The summed E-state index contributed by atoms with van der Waals surface area (Å²) in [6.45, 7) is 5.22. The van der Waals surface area contributed by atoms with E-state index in [1.165, 1.54) is 4.68 Å². The van der Waals surface area contributed by atoms with Crippen molar-refractivity contribution in [1.29, 1.82) is 0 Å². The lowest BCUT2D eigenvalue weighted by Crippen LogP contribution is -2.55. The van der Waals surface area contributed by atoms with E-state index >= 15 is 0 Å². The Balaban J connectivity index is 1.85. The monoisotopic (exact) mass is 634 g/mol. The lowest BCUT2D eigenvalue weighted by molar-refractivity contribution is -0.146. The normalized spacial score (nSPS) is 18.6. The number of rotatable bonds is 12. The summed E-state index contributed by atoms with van der Waals surface area (Å²) in [6, 6.07) is 4.29. The molecule has 0 radical (unpaired) electrons. The van der Waals surface area contributed by atoms with Gasteiger partial charge in [-0.15, -0.1) is 0 Å². The minimum absolute atomic E-state index is 0.0288. The van der Waals surface area contributed by atoms with Gasteiger partial charge in [-0.3, -0.25) is 18.9 Å². The molecule has 2 heterocycles. The Bertz CT molecular complexity index is 1290. The Morgan fingerprint density at radius 1 is 1.31 bits per heavy atom. The van der Waals surface area contributed by atoms with E-state index in [4.69, 9.17) is 26.8 Å². The third-order valence-electron chi connectivity index (χ3n) is 6.71. The first-order valence-corrected chi connectivity index (χ1v) is 14.8. The summed E-state index contributed by atoms with van der Waals surface area (Å²) in [5, 5.41) is 7.10. The van der Waals surface area contributed by atoms with Gasteiger partial charge in [0.05, 0.1) is 17.3 Å². The summed E-state index contributed by atoms with van der Waals surface area (Å²) in [7, 11) is 0. The zero-order valence-electron chi connectivity index (χ0n) is 23.9. The first kappa shape index (κ1) is 33.8. The largest absolute Gasteiger partial charge is 0.434 e. The molecule has 1 fully saturated rings. The van der Waals surface area contributed by atoms with Crippen molar-refractivity contribution in [3.8, 4) is 17.0 Å². The van der Waals surface area contributed by atoms with E-state index in [0.29, 0.717) is 25.8 Å². The van der Waals surface area contributed by atoms with Crippen LogP contribution in [0.3, 0.4) is 0 Å². The number of carbonyl (C=O) groups excluding carboxylic acids is 2. The minimum Gasteiger partial charge on any atom is -0.434 e. The summed E-state index contributed by atoms with van der Waals surface area (Å²) in [5.74, 6) is 3.60. The fourth-order valence-electron chi connectivity index (χ4n) is 5.01. The summed E-state index contributed by atoms with van der Waals surface area (Å²) < 4.78 is 55.9. The third kappa shape index (κ3) is 9.15. The number of alkyl halides is 2. The molecule has 0 bridgehead atoms. The molecule has 5 N–H and O–H groups in total. The van der Waals surface area contributed by atoms with Crippen LogP contribution in [0.15, 0.2) is 18.2 Å². The topological polar surface area (TPSA) is 161 Å². The van der Waals surface area contributed by atoms with Crippen LogP contribution >= 0.6 is 11.6 Å². The van der Waals surface area contributed by atoms with Crippen molar-refractivity contribution in [2.45, 2.75) is 72.2 Å². The van der Waals surface area contributed by atoms with Crippen LogP contribution in [-0.4, -0.2) is 73.6 Å². The van der Waals surface area contributed by atoms with Crippen molar-refractivity contribution in [3.05, 3.63) is 34.5 Å². The van der Waals surface area contributed by atoms with Crippen LogP contribution < -0.4 is 20.7 Å². The van der Waals surface area contributed by atoms with Crippen molar-refractivity contribution >= 4 is 34.7 Å². The first-order chi connectivity index (χ1) is 19.7. The molecule has 1 saturated heterocycles. The van der Waals surface area contributed by atoms with Gasteiger partial charge >= 0.3 is 12.6 Å². The SMILES string of the molecule is CCn1nc(C(=O)NC[C@@H]2CC[C@@H](NS(=O)O)CN2CC(=O)ON)c(Cl)c1-c1ccc(CC(C)(C)C)cc1OC(F)F. The van der Waals surface area contributed by atoms with E-state index in [0.717, 1.165) is 5.56 Å². The summed E-state index contributed by atoms with van der Waals surface area (Å²) in [4.78, 5) is 31.1. The number of benzene rings is 1. The Morgan fingerprint density at radius 2 is 2.02 bits per heavy atom. The van der Waals surface area contributed by atoms with Crippen molar-refractivity contribution < 1.29 is 36.7 Å². The van der Waals surface area contributed by atoms with E-state index in [2.05, 4.69) is 20.0 Å². The Hall–Kier alpha value is -2.69. The number of hydrogen-bond acceptors (Lipinski definition) is 8. The van der Waals surface area contributed by atoms with E-state index in [1.54, 1.807) is 30.0 Å². The molecular formula is C26H37ClF2N6O6S. The van der Waals surface area contributed by atoms with Gasteiger partial charge in [0.15, 0.2) is 5.69 Å². The number of nitrogens with one attached hydrogen (secondary N) is 2. The number of carbonyl (C=O) groups is 2. The zero-order valence-corrected chi connectivity index (χ0v) is 25.4. The molecule has 12 nitrogen and oxygen atoms in total. The maximum atomic E-state index is 13.4. The Morgan fingerprint density at radius 3 is 2.62 bits per heavy atom. The van der Waals surface area contributed by atoms with Crippen LogP contribution in [0, 0.1) is 5.41 Å². The predicted molar refractivity (Wildman–Crippen MR) is 153 cm³/mol. The standard InChI is InChI=1S/C26H37ClF2N6O6S/c1-5-35-23(18-9-6-15(11-26(2,3)4)10-19(18)40-25(28)29)21(27)22(32-35)24(37)31-12-17-8-7-16(33-42(38)39)13-34(17)14-20(36)41-30/h6,9-10,16-17,25,33H,5,7-8,11-14,30H2,1-4H3,(H,31,37)(H,38,39)/t16-,17+/m1/s1. The molecule has 234 valence electrons. The predicted octanol–water partition coefficient (Wildman–Crippen LogP) is 3.12. The number of likely N-dealkylation sites (tertiary alicyclic amines) is 1. The van der Waals surface area contributed by atoms with Crippen molar-refractivity contribution in [2.75, 3.05) is 19.6 Å². The molecular weight excluding hydrogens is 598 g/mol. The fraction of sp³-hybridized carbons (Fsp3) is 0.577. The highest BCUT2D eigenvalue weighted by Gasteiger charge is 2.32. The van der Waals surface area contributed by atoms with Crippen molar-refractivity contribution in [2.24, 2.45) is 11.3 Å². The number of nitrogens with zero attached hydrogens (tertiary/aromatic N) is 3. The Kier molecular flexibility index (Phi) is 11.8. The van der Waals surface area contributed by atoms with Crippen molar-refractivity contribution in [3.63, 3.8) is 0 Å². The number of hydrogen-bond donors (Lipinski definition) is 4.